The lowest BCUT2D eigenvalue weighted by Gasteiger charge is -2.37. The molecule has 2 nitrogen and oxygen atoms in total. The van der Waals surface area contributed by atoms with Gasteiger partial charge in [-0.25, -0.2) is 0 Å². The average molecular weight is 247 g/mol. The Bertz CT molecular complexity index is 352. The number of nitrogens with zero attached hydrogens (tertiary/aromatic N) is 1. The Balaban J connectivity index is 1.46. The highest BCUT2D eigenvalue weighted by atomic mass is 16.1. The van der Waals surface area contributed by atoms with Gasteiger partial charge in [-0.2, -0.15) is 0 Å². The molecule has 2 aliphatic heterocycles. The van der Waals surface area contributed by atoms with E-state index in [1.54, 1.807) is 0 Å². The van der Waals surface area contributed by atoms with E-state index in [1.165, 1.54) is 51.4 Å². The smallest absolute Gasteiger partial charge is 0.139 e. The van der Waals surface area contributed by atoms with Crippen LogP contribution >= 0.6 is 0 Å². The molecule has 0 N–H and O–H groups in total. The topological polar surface area (TPSA) is 20.3 Å². The van der Waals surface area contributed by atoms with Crippen LogP contribution in [0, 0.1) is 23.7 Å². The quantitative estimate of drug-likeness (QED) is 0.748. The molecule has 0 amide bonds. The van der Waals surface area contributed by atoms with E-state index in [0.717, 1.165) is 23.9 Å². The third-order valence-electron chi connectivity index (χ3n) is 6.60. The van der Waals surface area contributed by atoms with E-state index in [1.807, 2.05) is 0 Å². The first-order valence-corrected chi connectivity index (χ1v) is 7.98. The molecule has 2 heteroatoms. The van der Waals surface area contributed by atoms with Crippen LogP contribution < -0.4 is 0 Å². The second-order valence-corrected chi connectivity index (χ2v) is 7.40. The van der Waals surface area contributed by atoms with E-state index in [4.69, 9.17) is 0 Å². The first kappa shape index (κ1) is 11.5. The minimum absolute atomic E-state index is 0.419. The normalized spacial score (nSPS) is 50.9. The summed E-state index contributed by atoms with van der Waals surface area (Å²) in [5.41, 5.74) is 0. The zero-order valence-electron chi connectivity index (χ0n) is 11.5. The zero-order valence-corrected chi connectivity index (χ0v) is 11.5. The highest BCUT2D eigenvalue weighted by molar-refractivity contribution is 5.84. The summed E-state index contributed by atoms with van der Waals surface area (Å²) in [6.07, 6.45) is 10.4. The van der Waals surface area contributed by atoms with E-state index in [2.05, 4.69) is 11.9 Å². The molecule has 100 valence electrons. The number of carbonyl (C=O) groups excluding carboxylic acids is 1. The third kappa shape index (κ3) is 1.61. The summed E-state index contributed by atoms with van der Waals surface area (Å²) in [7, 11) is 2.26. The van der Waals surface area contributed by atoms with Crippen molar-refractivity contribution in [1.82, 2.24) is 4.90 Å². The van der Waals surface area contributed by atoms with Crippen LogP contribution in [0.3, 0.4) is 0 Å². The van der Waals surface area contributed by atoms with Gasteiger partial charge >= 0.3 is 0 Å². The molecule has 18 heavy (non-hydrogen) atoms. The predicted octanol–water partition coefficient (Wildman–Crippen LogP) is 2.86. The number of piperidine rings is 1. The SMILES string of the molecule is CN1C2CCC1CC(C(=O)C1CC3CCC1C3)C2. The van der Waals surface area contributed by atoms with Gasteiger partial charge in [-0.1, -0.05) is 6.42 Å². The Morgan fingerprint density at radius 2 is 1.67 bits per heavy atom. The van der Waals surface area contributed by atoms with E-state index in [-0.39, 0.29) is 0 Å². The van der Waals surface area contributed by atoms with Crippen LogP contribution in [0.4, 0.5) is 0 Å². The summed E-state index contributed by atoms with van der Waals surface area (Å²) in [6, 6.07) is 1.44. The Morgan fingerprint density at radius 1 is 0.944 bits per heavy atom. The molecule has 4 bridgehead atoms. The molecule has 0 spiro atoms. The van der Waals surface area contributed by atoms with Crippen molar-refractivity contribution < 1.29 is 4.79 Å². The van der Waals surface area contributed by atoms with Gasteiger partial charge in [0.05, 0.1) is 0 Å². The Kier molecular flexibility index (Phi) is 2.58. The maximum absolute atomic E-state index is 12.8. The van der Waals surface area contributed by atoms with Crippen molar-refractivity contribution in [2.24, 2.45) is 23.7 Å². The van der Waals surface area contributed by atoms with Crippen molar-refractivity contribution in [3.8, 4) is 0 Å². The molecule has 5 atom stereocenters. The summed E-state index contributed by atoms with van der Waals surface area (Å²) in [6.45, 7) is 0. The number of carbonyl (C=O) groups is 1. The molecule has 0 aromatic rings. The molecular weight excluding hydrogens is 222 g/mol. The van der Waals surface area contributed by atoms with Gasteiger partial charge in [0.25, 0.3) is 0 Å². The van der Waals surface area contributed by atoms with Crippen LogP contribution in [-0.4, -0.2) is 29.8 Å². The maximum Gasteiger partial charge on any atom is 0.139 e. The van der Waals surface area contributed by atoms with E-state index >= 15 is 0 Å². The number of ketones is 1. The second kappa shape index (κ2) is 4.06. The summed E-state index contributed by atoms with van der Waals surface area (Å²) in [4.78, 5) is 15.3. The van der Waals surface area contributed by atoms with Crippen LogP contribution in [0.25, 0.3) is 0 Å². The first-order chi connectivity index (χ1) is 8.72. The van der Waals surface area contributed by atoms with Gasteiger partial charge in [0.2, 0.25) is 0 Å². The fourth-order valence-electron chi connectivity index (χ4n) is 5.54. The standard InChI is InChI=1S/C16H25NO/c1-17-13-4-5-14(17)9-12(8-13)16(18)15-7-10-2-3-11(15)6-10/h10-15H,2-9H2,1H3. The fourth-order valence-corrected chi connectivity index (χ4v) is 5.54. The molecule has 2 aliphatic carbocycles. The van der Waals surface area contributed by atoms with Crippen LogP contribution in [0.2, 0.25) is 0 Å². The van der Waals surface area contributed by atoms with E-state index in [9.17, 15) is 4.79 Å². The number of fused-ring (bicyclic) bond motifs is 4. The van der Waals surface area contributed by atoms with Crippen molar-refractivity contribution in [1.29, 1.82) is 0 Å². The molecule has 2 saturated heterocycles. The van der Waals surface area contributed by atoms with Gasteiger partial charge < -0.3 is 4.90 Å². The molecule has 2 heterocycles. The van der Waals surface area contributed by atoms with Gasteiger partial charge in [-0.05, 0) is 63.8 Å². The number of Topliss-reactive ketones (excluding diaryl/α,β-unsaturated/α-hetero) is 1. The Morgan fingerprint density at radius 3 is 2.22 bits per heavy atom. The lowest BCUT2D eigenvalue weighted by Crippen LogP contribution is -2.43. The van der Waals surface area contributed by atoms with Crippen molar-refractivity contribution >= 4 is 5.78 Å². The lowest BCUT2D eigenvalue weighted by molar-refractivity contribution is -0.130. The summed E-state index contributed by atoms with van der Waals surface area (Å²) < 4.78 is 0. The molecular formula is C16H25NO. The van der Waals surface area contributed by atoms with Crippen LogP contribution in [0.1, 0.15) is 51.4 Å². The largest absolute Gasteiger partial charge is 0.300 e. The average Bonchev–Trinajstić information content (AvgIpc) is 3.03. The molecule has 4 fully saturated rings. The predicted molar refractivity (Wildman–Crippen MR) is 71.2 cm³/mol. The maximum atomic E-state index is 12.8. The minimum atomic E-state index is 0.419. The third-order valence-corrected chi connectivity index (χ3v) is 6.60. The van der Waals surface area contributed by atoms with Crippen molar-refractivity contribution in [3.63, 3.8) is 0 Å². The summed E-state index contributed by atoms with van der Waals surface area (Å²) in [5, 5.41) is 0. The summed E-state index contributed by atoms with van der Waals surface area (Å²) in [5.74, 6) is 3.25. The molecule has 4 rings (SSSR count). The highest BCUT2D eigenvalue weighted by Crippen LogP contribution is 2.50. The number of hydrogen-bond acceptors (Lipinski definition) is 2. The minimum Gasteiger partial charge on any atom is -0.300 e. The molecule has 4 aliphatic rings. The molecule has 0 aromatic heterocycles. The molecule has 2 saturated carbocycles. The highest BCUT2D eigenvalue weighted by Gasteiger charge is 2.47. The van der Waals surface area contributed by atoms with Crippen LogP contribution in [0.5, 0.6) is 0 Å². The van der Waals surface area contributed by atoms with E-state index in [0.29, 0.717) is 17.6 Å². The van der Waals surface area contributed by atoms with Gasteiger partial charge in [-0.3, -0.25) is 4.79 Å². The molecule has 5 unspecified atom stereocenters. The van der Waals surface area contributed by atoms with Gasteiger partial charge in [0, 0.05) is 23.9 Å². The molecule has 0 radical (unpaired) electrons. The Hall–Kier alpha value is -0.370. The van der Waals surface area contributed by atoms with Crippen LogP contribution in [-0.2, 0) is 4.79 Å². The molecule has 0 aromatic carbocycles. The fraction of sp³-hybridized carbons (Fsp3) is 0.938. The zero-order chi connectivity index (χ0) is 12.3. The Labute approximate surface area is 110 Å². The van der Waals surface area contributed by atoms with Gasteiger partial charge in [-0.15, -0.1) is 0 Å². The van der Waals surface area contributed by atoms with Crippen molar-refractivity contribution in [2.75, 3.05) is 7.05 Å². The van der Waals surface area contributed by atoms with Crippen molar-refractivity contribution in [3.05, 3.63) is 0 Å². The van der Waals surface area contributed by atoms with Crippen LogP contribution in [0.15, 0.2) is 0 Å². The number of rotatable bonds is 2. The summed E-state index contributed by atoms with van der Waals surface area (Å²) >= 11 is 0. The van der Waals surface area contributed by atoms with E-state index < -0.39 is 0 Å². The first-order valence-electron chi connectivity index (χ1n) is 7.98. The van der Waals surface area contributed by atoms with Crippen molar-refractivity contribution in [2.45, 2.75) is 63.5 Å². The second-order valence-electron chi connectivity index (χ2n) is 7.40. The van der Waals surface area contributed by atoms with Gasteiger partial charge in [0.15, 0.2) is 0 Å². The lowest BCUT2D eigenvalue weighted by atomic mass is 9.76. The monoisotopic (exact) mass is 247 g/mol. The van der Waals surface area contributed by atoms with Gasteiger partial charge in [0.1, 0.15) is 5.78 Å². The number of hydrogen-bond donors (Lipinski definition) is 0.